The van der Waals surface area contributed by atoms with E-state index in [-0.39, 0.29) is 5.69 Å². The second-order valence-electron chi connectivity index (χ2n) is 6.03. The number of rotatable bonds is 4. The van der Waals surface area contributed by atoms with Gasteiger partial charge in [-0.1, -0.05) is 13.8 Å². The molecule has 0 radical (unpaired) electrons. The minimum Gasteiger partial charge on any atom is -0.310 e. The van der Waals surface area contributed by atoms with Crippen LogP contribution < -0.4 is 5.32 Å². The van der Waals surface area contributed by atoms with Crippen LogP contribution in [-0.2, 0) is 6.54 Å². The molecule has 1 N–H and O–H groups in total. The molecule has 1 aliphatic rings. The van der Waals surface area contributed by atoms with Crippen molar-refractivity contribution in [2.75, 3.05) is 0 Å². The van der Waals surface area contributed by atoms with Gasteiger partial charge >= 0.3 is 0 Å². The van der Waals surface area contributed by atoms with Crippen molar-refractivity contribution in [3.63, 3.8) is 0 Å². The number of halogens is 1. The molecule has 0 spiro atoms. The summed E-state index contributed by atoms with van der Waals surface area (Å²) in [7, 11) is 0. The number of hydrogen-bond acceptors (Lipinski definition) is 3. The molecular formula is C15H21FN2O2. The fraction of sp³-hybridized carbons (Fsp3) is 0.600. The van der Waals surface area contributed by atoms with Crippen LogP contribution in [0.1, 0.15) is 38.7 Å². The van der Waals surface area contributed by atoms with Crippen molar-refractivity contribution >= 4 is 5.69 Å². The molecule has 0 heterocycles. The smallest absolute Gasteiger partial charge is 0.274 e. The Morgan fingerprint density at radius 3 is 2.55 bits per heavy atom. The normalized spacial score (nSPS) is 26.4. The third-order valence-electron chi connectivity index (χ3n) is 4.00. The Morgan fingerprint density at radius 2 is 1.95 bits per heavy atom. The van der Waals surface area contributed by atoms with Crippen molar-refractivity contribution < 1.29 is 9.31 Å². The van der Waals surface area contributed by atoms with Gasteiger partial charge in [-0.05, 0) is 43.2 Å². The van der Waals surface area contributed by atoms with Gasteiger partial charge in [0.2, 0.25) is 0 Å². The summed E-state index contributed by atoms with van der Waals surface area (Å²) in [6, 6.07) is 3.97. The molecule has 4 nitrogen and oxygen atoms in total. The van der Waals surface area contributed by atoms with E-state index in [1.165, 1.54) is 18.6 Å². The lowest BCUT2D eigenvalue weighted by atomic mass is 9.80. The molecule has 0 amide bonds. The molecule has 20 heavy (non-hydrogen) atoms. The minimum absolute atomic E-state index is 0.0178. The highest BCUT2D eigenvalue weighted by molar-refractivity contribution is 5.40. The highest BCUT2D eigenvalue weighted by Crippen LogP contribution is 2.29. The number of nitro groups is 1. The molecule has 1 fully saturated rings. The zero-order valence-corrected chi connectivity index (χ0v) is 11.9. The van der Waals surface area contributed by atoms with Gasteiger partial charge in [-0.2, -0.15) is 0 Å². The van der Waals surface area contributed by atoms with Crippen molar-refractivity contribution in [3.05, 3.63) is 39.7 Å². The standard InChI is InChI=1S/C15H21FN2O2/c1-10-5-11(2)7-14(6-10)17-9-12-8-13(16)3-4-15(12)18(19)20/h3-4,8,10-11,14,17H,5-7,9H2,1-2H3. The Labute approximate surface area is 118 Å². The quantitative estimate of drug-likeness (QED) is 0.676. The Hall–Kier alpha value is -1.49. The molecule has 0 aromatic heterocycles. The van der Waals surface area contributed by atoms with E-state index in [4.69, 9.17) is 0 Å². The molecule has 2 unspecified atom stereocenters. The van der Waals surface area contributed by atoms with Crippen molar-refractivity contribution in [2.24, 2.45) is 11.8 Å². The topological polar surface area (TPSA) is 55.2 Å². The Morgan fingerprint density at radius 1 is 1.30 bits per heavy atom. The third kappa shape index (κ3) is 3.76. The Kier molecular flexibility index (Phi) is 4.70. The van der Waals surface area contributed by atoms with E-state index in [0.717, 1.165) is 18.9 Å². The zero-order valence-electron chi connectivity index (χ0n) is 11.9. The highest BCUT2D eigenvalue weighted by atomic mass is 19.1. The molecule has 0 bridgehead atoms. The van der Waals surface area contributed by atoms with Gasteiger partial charge in [-0.15, -0.1) is 0 Å². The zero-order chi connectivity index (χ0) is 14.7. The number of benzene rings is 1. The molecule has 0 aliphatic heterocycles. The molecule has 5 heteroatoms. The lowest BCUT2D eigenvalue weighted by molar-refractivity contribution is -0.385. The first-order valence-electron chi connectivity index (χ1n) is 7.12. The average molecular weight is 280 g/mol. The summed E-state index contributed by atoms with van der Waals surface area (Å²) in [6.45, 7) is 4.81. The predicted octanol–water partition coefficient (Wildman–Crippen LogP) is 3.65. The number of nitro benzene ring substituents is 1. The van der Waals surface area contributed by atoms with Gasteiger partial charge in [0.05, 0.1) is 4.92 Å². The maximum absolute atomic E-state index is 13.2. The van der Waals surface area contributed by atoms with Crippen molar-refractivity contribution in [1.29, 1.82) is 0 Å². The molecule has 110 valence electrons. The fourth-order valence-corrected chi connectivity index (χ4v) is 3.24. The van der Waals surface area contributed by atoms with Crippen LogP contribution in [0.5, 0.6) is 0 Å². The van der Waals surface area contributed by atoms with Crippen LogP contribution in [0.3, 0.4) is 0 Å². The molecular weight excluding hydrogens is 259 g/mol. The van der Waals surface area contributed by atoms with Crippen molar-refractivity contribution in [3.8, 4) is 0 Å². The van der Waals surface area contributed by atoms with Crippen molar-refractivity contribution in [1.82, 2.24) is 5.32 Å². The van der Waals surface area contributed by atoms with Gasteiger partial charge in [-0.25, -0.2) is 4.39 Å². The molecule has 2 atom stereocenters. The van der Waals surface area contributed by atoms with Crippen LogP contribution in [0.25, 0.3) is 0 Å². The summed E-state index contributed by atoms with van der Waals surface area (Å²) < 4.78 is 13.2. The van der Waals surface area contributed by atoms with E-state index in [9.17, 15) is 14.5 Å². The lowest BCUT2D eigenvalue weighted by Gasteiger charge is -2.32. The molecule has 1 aromatic rings. The second kappa shape index (κ2) is 6.31. The summed E-state index contributed by atoms with van der Waals surface area (Å²) in [6.07, 6.45) is 3.39. The van der Waals surface area contributed by atoms with Gasteiger partial charge in [0.1, 0.15) is 5.82 Å². The summed E-state index contributed by atoms with van der Waals surface area (Å²) in [5, 5.41) is 14.3. The summed E-state index contributed by atoms with van der Waals surface area (Å²) in [5.41, 5.74) is 0.400. The van der Waals surface area contributed by atoms with E-state index in [0.29, 0.717) is 30.0 Å². The Bertz CT molecular complexity index is 483. The average Bonchev–Trinajstić information content (AvgIpc) is 2.35. The minimum atomic E-state index is -0.456. The van der Waals surface area contributed by atoms with Gasteiger partial charge in [0, 0.05) is 24.2 Å². The van der Waals surface area contributed by atoms with E-state index in [1.807, 2.05) is 0 Å². The number of hydrogen-bond donors (Lipinski definition) is 1. The monoisotopic (exact) mass is 280 g/mol. The first-order chi connectivity index (χ1) is 9.45. The molecule has 1 aliphatic carbocycles. The van der Waals surface area contributed by atoms with Crippen LogP contribution in [0, 0.1) is 27.8 Å². The van der Waals surface area contributed by atoms with E-state index >= 15 is 0 Å². The SMILES string of the molecule is CC1CC(C)CC(NCc2cc(F)ccc2[N+](=O)[O-])C1. The van der Waals surface area contributed by atoms with Crippen LogP contribution in [-0.4, -0.2) is 11.0 Å². The predicted molar refractivity (Wildman–Crippen MR) is 75.9 cm³/mol. The van der Waals surface area contributed by atoms with Crippen LogP contribution in [0.15, 0.2) is 18.2 Å². The molecule has 1 saturated carbocycles. The number of nitrogens with zero attached hydrogens (tertiary/aromatic N) is 1. The molecule has 2 rings (SSSR count). The van der Waals surface area contributed by atoms with Crippen LogP contribution >= 0.6 is 0 Å². The van der Waals surface area contributed by atoms with E-state index < -0.39 is 10.7 Å². The molecule has 0 saturated heterocycles. The fourth-order valence-electron chi connectivity index (χ4n) is 3.24. The lowest BCUT2D eigenvalue weighted by Crippen LogP contribution is -2.36. The van der Waals surface area contributed by atoms with Crippen molar-refractivity contribution in [2.45, 2.75) is 45.7 Å². The van der Waals surface area contributed by atoms with Crippen LogP contribution in [0.2, 0.25) is 0 Å². The first kappa shape index (κ1) is 14.9. The maximum atomic E-state index is 13.2. The Balaban J connectivity index is 2.03. The first-order valence-corrected chi connectivity index (χ1v) is 7.12. The van der Waals surface area contributed by atoms with Gasteiger partial charge in [-0.3, -0.25) is 10.1 Å². The highest BCUT2D eigenvalue weighted by Gasteiger charge is 2.24. The van der Waals surface area contributed by atoms with Gasteiger partial charge < -0.3 is 5.32 Å². The summed E-state index contributed by atoms with van der Waals surface area (Å²) in [5.74, 6) is 0.898. The largest absolute Gasteiger partial charge is 0.310 e. The van der Waals surface area contributed by atoms with E-state index in [2.05, 4.69) is 19.2 Å². The maximum Gasteiger partial charge on any atom is 0.274 e. The molecule has 1 aromatic carbocycles. The van der Waals surface area contributed by atoms with Gasteiger partial charge in [0.15, 0.2) is 0 Å². The summed E-state index contributed by atoms with van der Waals surface area (Å²) >= 11 is 0. The van der Waals surface area contributed by atoms with E-state index in [1.54, 1.807) is 0 Å². The number of nitrogens with one attached hydrogen (secondary N) is 1. The van der Waals surface area contributed by atoms with Gasteiger partial charge in [0.25, 0.3) is 5.69 Å². The second-order valence-corrected chi connectivity index (χ2v) is 6.03. The summed E-state index contributed by atoms with van der Waals surface area (Å²) in [4.78, 5) is 10.5. The third-order valence-corrected chi connectivity index (χ3v) is 4.00. The van der Waals surface area contributed by atoms with Crippen LogP contribution in [0.4, 0.5) is 10.1 Å².